The lowest BCUT2D eigenvalue weighted by Crippen LogP contribution is -2.36. The maximum atomic E-state index is 13.9. The zero-order valence-electron chi connectivity index (χ0n) is 20.2. The Balaban J connectivity index is 0.00000336. The average Bonchev–Trinajstić information content (AvgIpc) is 3.52. The van der Waals surface area contributed by atoms with Crippen molar-refractivity contribution in [3.63, 3.8) is 0 Å². The molecule has 0 amide bonds. The first-order valence-electron chi connectivity index (χ1n) is 11.9. The Hall–Kier alpha value is -3.51. The van der Waals surface area contributed by atoms with Gasteiger partial charge >= 0.3 is 6.18 Å². The lowest BCUT2D eigenvalue weighted by molar-refractivity contribution is -0.138. The second kappa shape index (κ2) is 11.5. The number of nitrogens with one attached hydrogen (secondary N) is 1. The molecule has 38 heavy (non-hydrogen) atoms. The number of halogens is 4. The summed E-state index contributed by atoms with van der Waals surface area (Å²) in [5.41, 5.74) is 6.18. The van der Waals surface area contributed by atoms with E-state index in [0.717, 1.165) is 18.0 Å². The molecule has 1 saturated heterocycles. The zero-order valence-corrected chi connectivity index (χ0v) is 21.1. The molecule has 9 nitrogen and oxygen atoms in total. The van der Waals surface area contributed by atoms with Crippen molar-refractivity contribution in [1.82, 2.24) is 15.0 Å². The monoisotopic (exact) mass is 553 g/mol. The highest BCUT2D eigenvalue weighted by Gasteiger charge is 2.36. The number of nitrogens with two attached hydrogens (primary N) is 1. The standard InChI is InChI=1S/C25H26F3N5O4.ClH/c26-25(27,28)17-13-16(23-31-24(37-32-23)18-5-8-22(30)33(18)14-29)4-7-19(17)34-9-1-2-15-3-6-20-21(12-15)36-11-10-35-20;/h3-4,6-7,12-14,18,22,29H,1-2,5,8-11,30H2;1H. The van der Waals surface area contributed by atoms with Crippen LogP contribution in [0, 0.1) is 5.41 Å². The Morgan fingerprint density at radius 1 is 1.11 bits per heavy atom. The highest BCUT2D eigenvalue weighted by Crippen LogP contribution is 2.39. The van der Waals surface area contributed by atoms with Crippen LogP contribution in [-0.2, 0) is 12.6 Å². The van der Waals surface area contributed by atoms with Gasteiger partial charge in [-0.3, -0.25) is 5.41 Å². The average molecular weight is 554 g/mol. The molecule has 2 aliphatic rings. The number of likely N-dealkylation sites (tertiary alicyclic amines) is 1. The predicted octanol–water partition coefficient (Wildman–Crippen LogP) is 4.99. The van der Waals surface area contributed by atoms with E-state index in [-0.39, 0.29) is 54.2 Å². The number of fused-ring (bicyclic) bond motifs is 1. The summed E-state index contributed by atoms with van der Waals surface area (Å²) >= 11 is 0. The molecule has 0 spiro atoms. The minimum absolute atomic E-state index is 0. The van der Waals surface area contributed by atoms with Gasteiger partial charge < -0.3 is 29.4 Å². The molecule has 1 aromatic heterocycles. The van der Waals surface area contributed by atoms with Crippen LogP contribution in [0.3, 0.4) is 0 Å². The van der Waals surface area contributed by atoms with E-state index in [9.17, 15) is 13.2 Å². The smallest absolute Gasteiger partial charge is 0.419 e. The Kier molecular flexibility index (Phi) is 8.32. The Morgan fingerprint density at radius 2 is 1.89 bits per heavy atom. The molecule has 0 saturated carbocycles. The van der Waals surface area contributed by atoms with E-state index in [1.165, 1.54) is 12.1 Å². The second-order valence-corrected chi connectivity index (χ2v) is 8.83. The summed E-state index contributed by atoms with van der Waals surface area (Å²) in [6.07, 6.45) is -1.52. The van der Waals surface area contributed by atoms with Gasteiger partial charge in [0.25, 0.3) is 0 Å². The predicted molar refractivity (Wildman–Crippen MR) is 134 cm³/mol. The first-order chi connectivity index (χ1) is 17.8. The number of hydrogen-bond donors (Lipinski definition) is 2. The molecular weight excluding hydrogens is 527 g/mol. The molecule has 3 aromatic rings. The van der Waals surface area contributed by atoms with Crippen LogP contribution in [0.15, 0.2) is 40.9 Å². The van der Waals surface area contributed by atoms with Crippen LogP contribution in [-0.4, -0.2) is 47.4 Å². The van der Waals surface area contributed by atoms with Crippen LogP contribution in [0.4, 0.5) is 13.2 Å². The maximum Gasteiger partial charge on any atom is 0.419 e. The fourth-order valence-electron chi connectivity index (χ4n) is 4.50. The van der Waals surface area contributed by atoms with E-state index in [4.69, 9.17) is 29.9 Å². The van der Waals surface area contributed by atoms with E-state index in [1.807, 2.05) is 18.2 Å². The summed E-state index contributed by atoms with van der Waals surface area (Å²) in [5, 5.41) is 11.4. The molecule has 5 rings (SSSR count). The largest absolute Gasteiger partial charge is 0.493 e. The van der Waals surface area contributed by atoms with E-state index in [2.05, 4.69) is 10.1 Å². The Morgan fingerprint density at radius 3 is 2.66 bits per heavy atom. The molecule has 2 unspecified atom stereocenters. The number of nitrogens with zero attached hydrogens (tertiary/aromatic N) is 3. The third-order valence-corrected chi connectivity index (χ3v) is 6.37. The molecule has 1 fully saturated rings. The molecule has 2 aliphatic heterocycles. The first kappa shape index (κ1) is 27.5. The summed E-state index contributed by atoms with van der Waals surface area (Å²) in [6.45, 7) is 1.09. The molecule has 204 valence electrons. The van der Waals surface area contributed by atoms with Gasteiger partial charge in [0, 0.05) is 5.56 Å². The fourth-order valence-corrected chi connectivity index (χ4v) is 4.50. The van der Waals surface area contributed by atoms with Gasteiger partial charge in [0.15, 0.2) is 11.5 Å². The molecule has 2 aromatic carbocycles. The summed E-state index contributed by atoms with van der Waals surface area (Å²) < 4.78 is 63.5. The first-order valence-corrected chi connectivity index (χ1v) is 11.9. The molecule has 2 atom stereocenters. The van der Waals surface area contributed by atoms with Gasteiger partial charge in [0.05, 0.1) is 24.7 Å². The van der Waals surface area contributed by atoms with Crippen LogP contribution >= 0.6 is 12.4 Å². The van der Waals surface area contributed by atoms with Crippen molar-refractivity contribution in [3.05, 3.63) is 53.4 Å². The topological polar surface area (TPSA) is 120 Å². The number of aryl methyl sites for hydroxylation is 1. The molecular formula is C25H27ClF3N5O4. The maximum absolute atomic E-state index is 13.9. The summed E-state index contributed by atoms with van der Waals surface area (Å²) in [4.78, 5) is 5.87. The third-order valence-electron chi connectivity index (χ3n) is 6.37. The molecule has 0 aliphatic carbocycles. The van der Waals surface area contributed by atoms with Gasteiger partial charge in [0.2, 0.25) is 11.7 Å². The van der Waals surface area contributed by atoms with Crippen LogP contribution in [0.25, 0.3) is 11.4 Å². The molecule has 3 heterocycles. The fraction of sp³-hybridized carbons (Fsp3) is 0.400. The molecule has 0 bridgehead atoms. The van der Waals surface area contributed by atoms with Crippen molar-refractivity contribution in [2.45, 2.75) is 44.1 Å². The van der Waals surface area contributed by atoms with Crippen molar-refractivity contribution in [1.29, 1.82) is 5.41 Å². The number of rotatable bonds is 8. The van der Waals surface area contributed by atoms with Crippen LogP contribution < -0.4 is 19.9 Å². The van der Waals surface area contributed by atoms with Gasteiger partial charge in [-0.25, -0.2) is 0 Å². The van der Waals surface area contributed by atoms with Crippen molar-refractivity contribution >= 4 is 18.7 Å². The molecule has 3 N–H and O–H groups in total. The number of ether oxygens (including phenoxy) is 3. The normalized spacial score (nSPS) is 18.7. The zero-order chi connectivity index (χ0) is 26.0. The molecule has 0 radical (unpaired) electrons. The van der Waals surface area contributed by atoms with Gasteiger partial charge in [0.1, 0.15) is 25.0 Å². The van der Waals surface area contributed by atoms with Gasteiger partial charge in [-0.1, -0.05) is 11.2 Å². The highest BCUT2D eigenvalue weighted by molar-refractivity contribution is 5.85. The number of aromatic nitrogens is 2. The van der Waals surface area contributed by atoms with Gasteiger partial charge in [-0.05, 0) is 61.6 Å². The van der Waals surface area contributed by atoms with E-state index < -0.39 is 11.7 Å². The van der Waals surface area contributed by atoms with Crippen LogP contribution in [0.2, 0.25) is 0 Å². The van der Waals surface area contributed by atoms with Gasteiger partial charge in [-0.2, -0.15) is 18.2 Å². The lowest BCUT2D eigenvalue weighted by Gasteiger charge is -2.22. The SMILES string of the molecule is Cl.N=CN1C(N)CCC1c1nc(-c2ccc(OCCCc3ccc4c(c3)OCCO4)c(C(F)(F)F)c2)no1. The van der Waals surface area contributed by atoms with Crippen molar-refractivity contribution < 1.29 is 31.9 Å². The quantitative estimate of drug-likeness (QED) is 0.227. The van der Waals surface area contributed by atoms with Crippen molar-refractivity contribution in [3.8, 4) is 28.6 Å². The third kappa shape index (κ3) is 5.81. The summed E-state index contributed by atoms with van der Waals surface area (Å²) in [5.74, 6) is 1.33. The van der Waals surface area contributed by atoms with Crippen molar-refractivity contribution in [2.75, 3.05) is 19.8 Å². The highest BCUT2D eigenvalue weighted by atomic mass is 35.5. The number of alkyl halides is 3. The molecule has 13 heteroatoms. The Labute approximate surface area is 223 Å². The lowest BCUT2D eigenvalue weighted by atomic mass is 10.1. The van der Waals surface area contributed by atoms with Crippen LogP contribution in [0.1, 0.15) is 42.3 Å². The minimum Gasteiger partial charge on any atom is -0.493 e. The van der Waals surface area contributed by atoms with Gasteiger partial charge in [-0.15, -0.1) is 12.4 Å². The van der Waals surface area contributed by atoms with E-state index in [1.54, 1.807) is 4.90 Å². The number of hydrogen-bond acceptors (Lipinski definition) is 8. The van der Waals surface area contributed by atoms with Crippen LogP contribution in [0.5, 0.6) is 17.2 Å². The number of benzene rings is 2. The second-order valence-electron chi connectivity index (χ2n) is 8.83. The minimum atomic E-state index is -4.64. The van der Waals surface area contributed by atoms with E-state index >= 15 is 0 Å². The summed E-state index contributed by atoms with van der Waals surface area (Å²) in [7, 11) is 0. The Bertz CT molecular complexity index is 1270. The van der Waals surface area contributed by atoms with E-state index in [0.29, 0.717) is 50.4 Å². The van der Waals surface area contributed by atoms with Crippen molar-refractivity contribution in [2.24, 2.45) is 5.73 Å². The summed E-state index contributed by atoms with van der Waals surface area (Å²) in [6, 6.07) is 8.93.